The first-order valence-corrected chi connectivity index (χ1v) is 21.5. The maximum Gasteiger partial charge on any atom is 0.227 e. The van der Waals surface area contributed by atoms with Gasteiger partial charge in [-0.15, -0.1) is 0 Å². The van der Waals surface area contributed by atoms with Crippen molar-refractivity contribution in [3.05, 3.63) is 230 Å². The van der Waals surface area contributed by atoms with E-state index in [0.29, 0.717) is 11.5 Å². The van der Waals surface area contributed by atoms with Gasteiger partial charge in [-0.05, 0) is 119 Å². The molecule has 5 nitrogen and oxygen atoms in total. The highest BCUT2D eigenvalue weighted by molar-refractivity contribution is 6.11. The number of anilines is 6. The Kier molecular flexibility index (Phi) is 8.44. The van der Waals surface area contributed by atoms with E-state index >= 15 is 0 Å². The van der Waals surface area contributed by atoms with Crippen molar-refractivity contribution in [2.24, 2.45) is 0 Å². The van der Waals surface area contributed by atoms with Crippen LogP contribution in [0.2, 0.25) is 0 Å². The standard InChI is InChI=1S/C58H42N4O/c1-58(2)50-29-17-15-27-46(50)47-33-31-44(36-51(47)58)60(40-21-9-4-10-22-40)45-37-52-56(63-57(59-52)39-19-7-3-8-20-39)55(38-45)61(41-23-11-5-12-24-41)43-32-34-54-49(35-43)48-28-16-18-30-53(48)62(54)42-25-13-6-14-26-42/h3-38H,1-2H3. The van der Waals surface area contributed by atoms with Gasteiger partial charge in [0.2, 0.25) is 5.89 Å². The number of rotatable bonds is 8. The first-order chi connectivity index (χ1) is 31.0. The molecule has 0 fully saturated rings. The van der Waals surface area contributed by atoms with Crippen LogP contribution in [0, 0.1) is 0 Å². The van der Waals surface area contributed by atoms with Gasteiger partial charge < -0.3 is 18.8 Å². The van der Waals surface area contributed by atoms with Crippen LogP contribution in [0.25, 0.3) is 61.2 Å². The number of oxazole rings is 1. The minimum absolute atomic E-state index is 0.164. The predicted octanol–water partition coefficient (Wildman–Crippen LogP) is 15.8. The molecule has 0 spiro atoms. The maximum absolute atomic E-state index is 6.92. The molecule has 1 aliphatic rings. The molecule has 1 aliphatic carbocycles. The van der Waals surface area contributed by atoms with Crippen LogP contribution in [0.15, 0.2) is 223 Å². The molecular formula is C58H42N4O. The van der Waals surface area contributed by atoms with E-state index < -0.39 is 0 Å². The lowest BCUT2D eigenvalue weighted by Crippen LogP contribution is -2.17. The van der Waals surface area contributed by atoms with Gasteiger partial charge in [0, 0.05) is 50.2 Å². The van der Waals surface area contributed by atoms with Gasteiger partial charge in [-0.2, -0.15) is 0 Å². The number of nitrogens with zero attached hydrogens (tertiary/aromatic N) is 4. The van der Waals surface area contributed by atoms with Crippen molar-refractivity contribution in [2.45, 2.75) is 19.3 Å². The zero-order valence-corrected chi connectivity index (χ0v) is 35.0. The molecule has 63 heavy (non-hydrogen) atoms. The Balaban J connectivity index is 1.12. The fourth-order valence-corrected chi connectivity index (χ4v) is 9.82. The summed E-state index contributed by atoms with van der Waals surface area (Å²) in [6.07, 6.45) is 0. The summed E-state index contributed by atoms with van der Waals surface area (Å²) in [6, 6.07) is 77.7. The average molecular weight is 811 g/mol. The van der Waals surface area contributed by atoms with Gasteiger partial charge >= 0.3 is 0 Å². The highest BCUT2D eigenvalue weighted by Gasteiger charge is 2.36. The number of para-hydroxylation sites is 4. The van der Waals surface area contributed by atoms with Crippen molar-refractivity contribution >= 4 is 67.0 Å². The van der Waals surface area contributed by atoms with Crippen molar-refractivity contribution < 1.29 is 4.42 Å². The molecule has 5 heteroatoms. The second-order valence-corrected chi connectivity index (χ2v) is 16.8. The van der Waals surface area contributed by atoms with Crippen molar-refractivity contribution in [2.75, 3.05) is 9.80 Å². The SMILES string of the molecule is CC1(C)c2ccccc2-c2ccc(N(c3ccccc3)c3cc(N(c4ccccc4)c4ccc5c(c4)c4ccccc4n5-c4ccccc4)c4oc(-c5ccccc5)nc4c3)cc21. The third-order valence-electron chi connectivity index (χ3n) is 12.8. The third-order valence-corrected chi connectivity index (χ3v) is 12.8. The van der Waals surface area contributed by atoms with Gasteiger partial charge in [0.15, 0.2) is 5.58 Å². The van der Waals surface area contributed by atoms with Crippen LogP contribution in [0.4, 0.5) is 34.1 Å². The largest absolute Gasteiger partial charge is 0.434 e. The number of hydrogen-bond acceptors (Lipinski definition) is 4. The molecule has 0 unspecified atom stereocenters. The molecule has 0 amide bonds. The van der Waals surface area contributed by atoms with E-state index in [1.54, 1.807) is 0 Å². The lowest BCUT2D eigenvalue weighted by Gasteiger charge is -2.30. The number of benzene rings is 9. The van der Waals surface area contributed by atoms with Crippen LogP contribution in [0.3, 0.4) is 0 Å². The lowest BCUT2D eigenvalue weighted by atomic mass is 9.82. The minimum atomic E-state index is -0.164. The second kappa shape index (κ2) is 14.5. The zero-order chi connectivity index (χ0) is 42.1. The van der Waals surface area contributed by atoms with Gasteiger partial charge in [0.05, 0.1) is 22.4 Å². The van der Waals surface area contributed by atoms with Crippen LogP contribution in [0.1, 0.15) is 25.0 Å². The number of hydrogen-bond donors (Lipinski definition) is 0. The second-order valence-electron chi connectivity index (χ2n) is 16.8. The summed E-state index contributed by atoms with van der Waals surface area (Å²) < 4.78 is 9.28. The number of fused-ring (bicyclic) bond motifs is 7. The first kappa shape index (κ1) is 36.7. The van der Waals surface area contributed by atoms with Crippen molar-refractivity contribution in [1.82, 2.24) is 9.55 Å². The van der Waals surface area contributed by atoms with E-state index in [-0.39, 0.29) is 5.41 Å². The van der Waals surface area contributed by atoms with E-state index in [4.69, 9.17) is 9.40 Å². The molecule has 0 saturated carbocycles. The quantitative estimate of drug-likeness (QED) is 0.153. The molecule has 0 atom stereocenters. The van der Waals surface area contributed by atoms with Gasteiger partial charge in [-0.25, -0.2) is 4.98 Å². The molecule has 9 aromatic carbocycles. The van der Waals surface area contributed by atoms with Crippen LogP contribution in [-0.4, -0.2) is 9.55 Å². The first-order valence-electron chi connectivity index (χ1n) is 21.5. The van der Waals surface area contributed by atoms with E-state index in [9.17, 15) is 0 Å². The Morgan fingerprint density at radius 3 is 1.79 bits per heavy atom. The highest BCUT2D eigenvalue weighted by atomic mass is 16.3. The fourth-order valence-electron chi connectivity index (χ4n) is 9.82. The topological polar surface area (TPSA) is 37.4 Å². The fraction of sp³-hybridized carbons (Fsp3) is 0.0517. The Morgan fingerprint density at radius 1 is 0.444 bits per heavy atom. The molecule has 11 aromatic rings. The van der Waals surface area contributed by atoms with Crippen molar-refractivity contribution in [3.8, 4) is 28.3 Å². The molecule has 300 valence electrons. The average Bonchev–Trinajstić information content (AvgIpc) is 3.99. The molecule has 0 N–H and O–H groups in total. The van der Waals surface area contributed by atoms with E-state index in [2.05, 4.69) is 228 Å². The lowest BCUT2D eigenvalue weighted by molar-refractivity contribution is 0.620. The van der Waals surface area contributed by atoms with Gasteiger partial charge in [-0.3, -0.25) is 0 Å². The normalized spacial score (nSPS) is 12.7. The molecule has 0 radical (unpaired) electrons. The van der Waals surface area contributed by atoms with Crippen molar-refractivity contribution in [1.29, 1.82) is 0 Å². The summed E-state index contributed by atoms with van der Waals surface area (Å²) in [5.41, 5.74) is 16.9. The summed E-state index contributed by atoms with van der Waals surface area (Å²) in [6.45, 7) is 4.68. The van der Waals surface area contributed by atoms with E-state index in [1.807, 2.05) is 18.2 Å². The van der Waals surface area contributed by atoms with E-state index in [1.165, 1.54) is 27.6 Å². The van der Waals surface area contributed by atoms with Crippen LogP contribution >= 0.6 is 0 Å². The molecule has 2 heterocycles. The van der Waals surface area contributed by atoms with E-state index in [0.717, 1.165) is 67.3 Å². The van der Waals surface area contributed by atoms with Gasteiger partial charge in [0.25, 0.3) is 0 Å². The molecular weight excluding hydrogens is 769 g/mol. The summed E-state index contributed by atoms with van der Waals surface area (Å²) in [4.78, 5) is 9.94. The zero-order valence-electron chi connectivity index (χ0n) is 35.0. The van der Waals surface area contributed by atoms with Gasteiger partial charge in [-0.1, -0.05) is 135 Å². The smallest absolute Gasteiger partial charge is 0.227 e. The summed E-state index contributed by atoms with van der Waals surface area (Å²) >= 11 is 0. The Morgan fingerprint density at radius 2 is 1.03 bits per heavy atom. The number of aromatic nitrogens is 2. The van der Waals surface area contributed by atoms with Crippen LogP contribution < -0.4 is 9.80 Å². The van der Waals surface area contributed by atoms with Crippen LogP contribution in [0.5, 0.6) is 0 Å². The van der Waals surface area contributed by atoms with Gasteiger partial charge in [0.1, 0.15) is 5.52 Å². The summed E-state index contributed by atoms with van der Waals surface area (Å²) in [7, 11) is 0. The maximum atomic E-state index is 6.92. The monoisotopic (exact) mass is 810 g/mol. The summed E-state index contributed by atoms with van der Waals surface area (Å²) in [5.74, 6) is 0.571. The third kappa shape index (κ3) is 5.96. The van der Waals surface area contributed by atoms with Crippen molar-refractivity contribution in [3.63, 3.8) is 0 Å². The predicted molar refractivity (Wildman–Crippen MR) is 261 cm³/mol. The molecule has 0 aliphatic heterocycles. The Bertz CT molecular complexity index is 3480. The molecule has 0 saturated heterocycles. The summed E-state index contributed by atoms with van der Waals surface area (Å²) in [5, 5.41) is 2.35. The minimum Gasteiger partial charge on any atom is -0.434 e. The molecule has 0 bridgehead atoms. The Labute approximate surface area is 366 Å². The molecule has 12 rings (SSSR count). The highest BCUT2D eigenvalue weighted by Crippen LogP contribution is 2.52. The Hall–Kier alpha value is -8.15. The molecule has 2 aromatic heterocycles. The van der Waals surface area contributed by atoms with Crippen LogP contribution in [-0.2, 0) is 5.41 Å².